The number of Topliss-reactive ketones (excluding diaryl/α,β-unsaturated/α-hetero) is 1. The van der Waals surface area contributed by atoms with Crippen LogP contribution in [0.5, 0.6) is 5.75 Å². The van der Waals surface area contributed by atoms with E-state index in [9.17, 15) is 9.59 Å². The van der Waals surface area contributed by atoms with E-state index < -0.39 is 18.7 Å². The molecule has 7 nitrogen and oxygen atoms in total. The molecule has 1 aromatic heterocycles. The van der Waals surface area contributed by atoms with Crippen LogP contribution >= 0.6 is 0 Å². The molecular formula is C26H27NO6. The van der Waals surface area contributed by atoms with Gasteiger partial charge in [-0.15, -0.1) is 0 Å². The van der Waals surface area contributed by atoms with Gasteiger partial charge in [0.25, 0.3) is 0 Å². The third-order valence-corrected chi connectivity index (χ3v) is 4.90. The van der Waals surface area contributed by atoms with Crippen molar-refractivity contribution in [3.05, 3.63) is 95.8 Å². The highest BCUT2D eigenvalue weighted by Gasteiger charge is 2.26. The smallest absolute Gasteiger partial charge is 0.487 e. The van der Waals surface area contributed by atoms with E-state index in [0.717, 1.165) is 11.1 Å². The standard InChI is InChI=1S/C26H27NO6/c1-30-16-14-22(23(28)19-33-26(29)32-18-21-11-6-3-7-12-21)25-24(13-8-15-27-25)31-17-20-9-4-2-5-10-20/h2-13,15,22H,14,16-19H2,1H3. The maximum Gasteiger partial charge on any atom is 0.509 e. The molecule has 3 rings (SSSR count). The number of hydrogen-bond acceptors (Lipinski definition) is 7. The summed E-state index contributed by atoms with van der Waals surface area (Å²) in [4.78, 5) is 29.3. The summed E-state index contributed by atoms with van der Waals surface area (Å²) in [5, 5.41) is 0. The third-order valence-electron chi connectivity index (χ3n) is 4.90. The molecule has 2 aromatic carbocycles. The first kappa shape index (κ1) is 23.9. The van der Waals surface area contributed by atoms with Crippen LogP contribution in [0.4, 0.5) is 4.79 Å². The van der Waals surface area contributed by atoms with Crippen molar-refractivity contribution in [2.75, 3.05) is 20.3 Å². The summed E-state index contributed by atoms with van der Waals surface area (Å²) >= 11 is 0. The molecule has 0 aliphatic rings. The van der Waals surface area contributed by atoms with Crippen molar-refractivity contribution in [1.82, 2.24) is 4.98 Å². The van der Waals surface area contributed by atoms with E-state index >= 15 is 0 Å². The van der Waals surface area contributed by atoms with Crippen molar-refractivity contribution in [3.8, 4) is 5.75 Å². The Labute approximate surface area is 193 Å². The summed E-state index contributed by atoms with van der Waals surface area (Å²) in [5.74, 6) is -0.465. The van der Waals surface area contributed by atoms with E-state index in [1.165, 1.54) is 0 Å². The number of ether oxygens (including phenoxy) is 4. The molecule has 0 saturated carbocycles. The van der Waals surface area contributed by atoms with E-state index in [4.69, 9.17) is 18.9 Å². The van der Waals surface area contributed by atoms with Crippen LogP contribution in [-0.4, -0.2) is 37.2 Å². The van der Waals surface area contributed by atoms with Crippen LogP contribution in [0.1, 0.15) is 29.2 Å². The third kappa shape index (κ3) is 7.73. The molecule has 172 valence electrons. The molecule has 0 amide bonds. The summed E-state index contributed by atoms with van der Waals surface area (Å²) in [7, 11) is 1.56. The van der Waals surface area contributed by atoms with Crippen LogP contribution in [0.3, 0.4) is 0 Å². The Morgan fingerprint density at radius 3 is 2.18 bits per heavy atom. The van der Waals surface area contributed by atoms with Crippen LogP contribution in [0.2, 0.25) is 0 Å². The number of hydrogen-bond donors (Lipinski definition) is 0. The highest BCUT2D eigenvalue weighted by molar-refractivity contribution is 5.88. The zero-order valence-corrected chi connectivity index (χ0v) is 18.5. The first-order valence-corrected chi connectivity index (χ1v) is 10.6. The average molecular weight is 450 g/mol. The molecule has 7 heteroatoms. The largest absolute Gasteiger partial charge is 0.509 e. The molecule has 1 atom stereocenters. The van der Waals surface area contributed by atoms with Crippen molar-refractivity contribution >= 4 is 11.9 Å². The number of carbonyl (C=O) groups is 2. The van der Waals surface area contributed by atoms with Gasteiger partial charge in [-0.2, -0.15) is 0 Å². The Kier molecular flexibility index (Phi) is 9.42. The minimum Gasteiger partial charge on any atom is -0.487 e. The first-order chi connectivity index (χ1) is 16.2. The van der Waals surface area contributed by atoms with Crippen LogP contribution < -0.4 is 4.74 Å². The van der Waals surface area contributed by atoms with Crippen molar-refractivity contribution in [2.24, 2.45) is 0 Å². The average Bonchev–Trinajstić information content (AvgIpc) is 2.87. The van der Waals surface area contributed by atoms with E-state index in [-0.39, 0.29) is 12.4 Å². The lowest BCUT2D eigenvalue weighted by atomic mass is 9.95. The second kappa shape index (κ2) is 13.0. The molecule has 1 heterocycles. The molecule has 33 heavy (non-hydrogen) atoms. The summed E-state index contributed by atoms with van der Waals surface area (Å²) < 4.78 is 21.3. The van der Waals surface area contributed by atoms with Gasteiger partial charge in [-0.1, -0.05) is 60.7 Å². The van der Waals surface area contributed by atoms with Gasteiger partial charge in [0.15, 0.2) is 12.4 Å². The fraction of sp³-hybridized carbons (Fsp3) is 0.269. The van der Waals surface area contributed by atoms with Gasteiger partial charge in [-0.05, 0) is 29.7 Å². The lowest BCUT2D eigenvalue weighted by Crippen LogP contribution is -2.23. The van der Waals surface area contributed by atoms with Crippen molar-refractivity contribution < 1.29 is 28.5 Å². The topological polar surface area (TPSA) is 84.0 Å². The van der Waals surface area contributed by atoms with E-state index in [2.05, 4.69) is 4.98 Å². The van der Waals surface area contributed by atoms with Crippen molar-refractivity contribution in [3.63, 3.8) is 0 Å². The summed E-state index contributed by atoms with van der Waals surface area (Å²) in [6.07, 6.45) is 1.07. The number of carbonyl (C=O) groups excluding carboxylic acids is 2. The predicted octanol–water partition coefficient (Wildman–Crippen LogP) is 4.70. The van der Waals surface area contributed by atoms with Crippen LogP contribution in [-0.2, 0) is 32.2 Å². The van der Waals surface area contributed by atoms with Gasteiger partial charge in [-0.3, -0.25) is 9.78 Å². The SMILES string of the molecule is COCCC(C(=O)COC(=O)OCc1ccccc1)c1ncccc1OCc1ccccc1. The number of nitrogens with zero attached hydrogens (tertiary/aromatic N) is 1. The molecule has 0 aliphatic carbocycles. The quantitative estimate of drug-likeness (QED) is 0.371. The number of ketones is 1. The number of benzene rings is 2. The minimum absolute atomic E-state index is 0.0681. The zero-order valence-electron chi connectivity index (χ0n) is 18.5. The van der Waals surface area contributed by atoms with Gasteiger partial charge in [0, 0.05) is 19.9 Å². The summed E-state index contributed by atoms with van der Waals surface area (Å²) in [6, 6.07) is 22.5. The van der Waals surface area contributed by atoms with Gasteiger partial charge in [0.2, 0.25) is 0 Å². The van der Waals surface area contributed by atoms with Gasteiger partial charge < -0.3 is 18.9 Å². The van der Waals surface area contributed by atoms with Gasteiger partial charge >= 0.3 is 6.16 Å². The maximum atomic E-state index is 13.0. The molecule has 3 aromatic rings. The molecule has 0 spiro atoms. The molecule has 0 aliphatic heterocycles. The van der Waals surface area contributed by atoms with E-state index in [1.54, 1.807) is 25.4 Å². The van der Waals surface area contributed by atoms with Gasteiger partial charge in [0.05, 0.1) is 11.6 Å². The summed E-state index contributed by atoms with van der Waals surface area (Å²) in [6.45, 7) is 0.311. The maximum absolute atomic E-state index is 13.0. The lowest BCUT2D eigenvalue weighted by molar-refractivity contribution is -0.124. The Bertz CT molecular complexity index is 1010. The van der Waals surface area contributed by atoms with Crippen LogP contribution in [0.15, 0.2) is 79.0 Å². The van der Waals surface area contributed by atoms with Gasteiger partial charge in [-0.25, -0.2) is 4.79 Å². The van der Waals surface area contributed by atoms with Gasteiger partial charge in [0.1, 0.15) is 19.0 Å². The molecule has 1 unspecified atom stereocenters. The molecule has 0 radical (unpaired) electrons. The molecular weight excluding hydrogens is 422 g/mol. The Hall–Kier alpha value is -3.71. The fourth-order valence-electron chi connectivity index (χ4n) is 3.20. The minimum atomic E-state index is -0.903. The molecule has 0 N–H and O–H groups in total. The van der Waals surface area contributed by atoms with Crippen molar-refractivity contribution in [1.29, 1.82) is 0 Å². The van der Waals surface area contributed by atoms with Crippen LogP contribution in [0.25, 0.3) is 0 Å². The highest BCUT2D eigenvalue weighted by atomic mass is 16.7. The highest BCUT2D eigenvalue weighted by Crippen LogP contribution is 2.29. The second-order valence-corrected chi connectivity index (χ2v) is 7.27. The molecule has 0 saturated heterocycles. The first-order valence-electron chi connectivity index (χ1n) is 10.6. The Morgan fingerprint density at radius 2 is 1.52 bits per heavy atom. The number of rotatable bonds is 12. The fourth-order valence-corrected chi connectivity index (χ4v) is 3.20. The number of aromatic nitrogens is 1. The number of pyridine rings is 1. The molecule has 0 fully saturated rings. The van der Waals surface area contributed by atoms with E-state index in [0.29, 0.717) is 31.1 Å². The number of methoxy groups -OCH3 is 1. The Balaban J connectivity index is 1.62. The monoisotopic (exact) mass is 449 g/mol. The summed E-state index contributed by atoms with van der Waals surface area (Å²) in [5.41, 5.74) is 2.31. The van der Waals surface area contributed by atoms with E-state index in [1.807, 2.05) is 60.7 Å². The lowest BCUT2D eigenvalue weighted by Gasteiger charge is -2.18. The molecule has 0 bridgehead atoms. The zero-order chi connectivity index (χ0) is 23.3. The van der Waals surface area contributed by atoms with Crippen molar-refractivity contribution in [2.45, 2.75) is 25.6 Å². The Morgan fingerprint density at radius 1 is 0.848 bits per heavy atom. The predicted molar refractivity (Wildman–Crippen MR) is 122 cm³/mol. The second-order valence-electron chi connectivity index (χ2n) is 7.27. The normalized spacial score (nSPS) is 11.4. The van der Waals surface area contributed by atoms with Crippen LogP contribution in [0, 0.1) is 0 Å².